The lowest BCUT2D eigenvalue weighted by molar-refractivity contribution is -0.154. The van der Waals surface area contributed by atoms with Crippen LogP contribution in [0.25, 0.3) is 0 Å². The zero-order chi connectivity index (χ0) is 23.9. The number of aryl methyl sites for hydroxylation is 2. The molecule has 0 fully saturated rings. The molecule has 0 aliphatic carbocycles. The van der Waals surface area contributed by atoms with E-state index in [1.165, 1.54) is 16.7 Å². The minimum atomic E-state index is -1.14. The molecule has 1 heterocycles. The molecule has 0 saturated carbocycles. The SMILES string of the molecule is CCC(C)(Oc1ccc(C)cc1)C(=O)O.CCc1cn(Cc2cc(F)cc(F)c2)c(=O)[nH]1. The fourth-order valence-electron chi connectivity index (χ4n) is 2.82. The topological polar surface area (TPSA) is 84.3 Å². The highest BCUT2D eigenvalue weighted by atomic mass is 19.1. The number of carboxylic acid groups (broad SMARTS) is 1. The molecule has 0 amide bonds. The van der Waals surface area contributed by atoms with Crippen molar-refractivity contribution >= 4 is 5.97 Å². The third-order valence-electron chi connectivity index (χ3n) is 4.99. The Morgan fingerprint density at radius 1 is 1.12 bits per heavy atom. The van der Waals surface area contributed by atoms with Crippen molar-refractivity contribution in [3.8, 4) is 5.75 Å². The second kappa shape index (κ2) is 10.7. The zero-order valence-electron chi connectivity index (χ0n) is 18.6. The van der Waals surface area contributed by atoms with Crippen LogP contribution in [-0.2, 0) is 17.8 Å². The summed E-state index contributed by atoms with van der Waals surface area (Å²) in [4.78, 5) is 25.2. The van der Waals surface area contributed by atoms with Gasteiger partial charge in [0.2, 0.25) is 5.60 Å². The molecule has 0 aliphatic rings. The number of nitrogens with zero attached hydrogens (tertiary/aromatic N) is 1. The number of hydrogen-bond acceptors (Lipinski definition) is 3. The van der Waals surface area contributed by atoms with Crippen LogP contribution in [0.1, 0.15) is 44.0 Å². The summed E-state index contributed by atoms with van der Waals surface area (Å²) < 4.78 is 32.8. The average Bonchev–Trinajstić information content (AvgIpc) is 3.08. The normalized spacial score (nSPS) is 12.4. The Morgan fingerprint density at radius 2 is 1.72 bits per heavy atom. The van der Waals surface area contributed by atoms with Gasteiger partial charge in [0.25, 0.3) is 0 Å². The van der Waals surface area contributed by atoms with Gasteiger partial charge in [-0.05, 0) is 56.5 Å². The van der Waals surface area contributed by atoms with Gasteiger partial charge in [0.15, 0.2) is 0 Å². The highest BCUT2D eigenvalue weighted by Crippen LogP contribution is 2.21. The van der Waals surface area contributed by atoms with Gasteiger partial charge in [-0.25, -0.2) is 18.4 Å². The summed E-state index contributed by atoms with van der Waals surface area (Å²) in [7, 11) is 0. The van der Waals surface area contributed by atoms with Gasteiger partial charge in [-0.2, -0.15) is 0 Å². The van der Waals surface area contributed by atoms with Gasteiger partial charge in [0.05, 0.1) is 6.54 Å². The average molecular weight is 446 g/mol. The second-order valence-corrected chi connectivity index (χ2v) is 7.65. The van der Waals surface area contributed by atoms with E-state index in [-0.39, 0.29) is 12.2 Å². The fraction of sp³-hybridized carbons (Fsp3) is 0.333. The highest BCUT2D eigenvalue weighted by Gasteiger charge is 2.33. The number of benzene rings is 2. The molecule has 32 heavy (non-hydrogen) atoms. The van der Waals surface area contributed by atoms with Crippen LogP contribution in [-0.4, -0.2) is 26.2 Å². The predicted molar refractivity (Wildman–Crippen MR) is 118 cm³/mol. The summed E-state index contributed by atoms with van der Waals surface area (Å²) in [5.74, 6) is -1.63. The minimum Gasteiger partial charge on any atom is -0.478 e. The van der Waals surface area contributed by atoms with E-state index in [2.05, 4.69) is 4.98 Å². The van der Waals surface area contributed by atoms with Crippen molar-refractivity contribution in [3.63, 3.8) is 0 Å². The van der Waals surface area contributed by atoms with Crippen LogP contribution in [0.15, 0.2) is 53.5 Å². The van der Waals surface area contributed by atoms with Gasteiger partial charge in [0, 0.05) is 18.0 Å². The van der Waals surface area contributed by atoms with E-state index in [4.69, 9.17) is 9.84 Å². The first-order chi connectivity index (χ1) is 15.1. The second-order valence-electron chi connectivity index (χ2n) is 7.65. The van der Waals surface area contributed by atoms with E-state index >= 15 is 0 Å². The number of carboxylic acids is 1. The van der Waals surface area contributed by atoms with E-state index in [1.807, 2.05) is 26.0 Å². The number of halogens is 2. The first kappa shape index (κ1) is 24.8. The molecule has 0 spiro atoms. The van der Waals surface area contributed by atoms with Crippen LogP contribution in [0.2, 0.25) is 0 Å². The molecule has 3 aromatic rings. The number of H-pyrrole nitrogens is 1. The smallest absolute Gasteiger partial charge is 0.347 e. The quantitative estimate of drug-likeness (QED) is 0.551. The molecule has 8 heteroatoms. The largest absolute Gasteiger partial charge is 0.478 e. The van der Waals surface area contributed by atoms with E-state index < -0.39 is 23.2 Å². The number of rotatable bonds is 7. The van der Waals surface area contributed by atoms with Crippen LogP contribution < -0.4 is 10.4 Å². The first-order valence-electron chi connectivity index (χ1n) is 10.3. The highest BCUT2D eigenvalue weighted by molar-refractivity contribution is 5.77. The van der Waals surface area contributed by atoms with Crippen molar-refractivity contribution in [3.05, 3.63) is 87.6 Å². The first-order valence-corrected chi connectivity index (χ1v) is 10.3. The Bertz CT molecular complexity index is 1090. The number of aromatic amines is 1. The Morgan fingerprint density at radius 3 is 2.19 bits per heavy atom. The molecule has 1 aromatic heterocycles. The Hall–Kier alpha value is -3.42. The van der Waals surface area contributed by atoms with Gasteiger partial charge < -0.3 is 14.8 Å². The lowest BCUT2D eigenvalue weighted by Gasteiger charge is -2.24. The lowest BCUT2D eigenvalue weighted by Crippen LogP contribution is -2.40. The maximum atomic E-state index is 13.0. The summed E-state index contributed by atoms with van der Waals surface area (Å²) in [6.07, 6.45) is 2.79. The van der Waals surface area contributed by atoms with Gasteiger partial charge in [-0.15, -0.1) is 0 Å². The van der Waals surface area contributed by atoms with Crippen LogP contribution >= 0.6 is 0 Å². The molecule has 6 nitrogen and oxygen atoms in total. The fourth-order valence-corrected chi connectivity index (χ4v) is 2.82. The lowest BCUT2D eigenvalue weighted by atomic mass is 10.0. The zero-order valence-corrected chi connectivity index (χ0v) is 18.6. The Labute approximate surface area is 185 Å². The predicted octanol–water partition coefficient (Wildman–Crippen LogP) is 4.69. The van der Waals surface area contributed by atoms with Crippen LogP contribution in [0.5, 0.6) is 5.75 Å². The van der Waals surface area contributed by atoms with E-state index in [1.54, 1.807) is 32.2 Å². The van der Waals surface area contributed by atoms with Crippen molar-refractivity contribution in [2.75, 3.05) is 0 Å². The molecule has 1 unspecified atom stereocenters. The molecule has 3 rings (SSSR count). The standard InChI is InChI=1S/C12H12F2N2O.C12H16O3/c1-2-11-7-16(12(17)15-11)6-8-3-9(13)5-10(14)4-8;1-4-12(3,11(13)14)15-10-7-5-9(2)6-8-10/h3-5,7H,2,6H2,1H3,(H,15,17);5-8H,4H2,1-3H3,(H,13,14). The number of carbonyl (C=O) groups is 1. The molecule has 2 aromatic carbocycles. The van der Waals surface area contributed by atoms with Gasteiger partial charge in [-0.3, -0.25) is 4.57 Å². The Kier molecular flexibility index (Phi) is 8.34. The Balaban J connectivity index is 0.000000229. The molecular formula is C24H28F2N2O4. The molecule has 0 saturated heterocycles. The van der Waals surface area contributed by atoms with Crippen LogP contribution in [0.4, 0.5) is 8.78 Å². The molecule has 0 radical (unpaired) electrons. The summed E-state index contributed by atoms with van der Waals surface area (Å²) in [5.41, 5.74) is 0.926. The van der Waals surface area contributed by atoms with E-state index in [0.29, 0.717) is 24.2 Å². The maximum absolute atomic E-state index is 13.0. The number of imidazole rings is 1. The van der Waals surface area contributed by atoms with Gasteiger partial charge in [0.1, 0.15) is 17.4 Å². The van der Waals surface area contributed by atoms with Crippen LogP contribution in [0, 0.1) is 18.6 Å². The van der Waals surface area contributed by atoms with E-state index in [0.717, 1.165) is 17.3 Å². The summed E-state index contributed by atoms with van der Waals surface area (Å²) in [6, 6.07) is 10.6. The van der Waals surface area contributed by atoms with Crippen molar-refractivity contribution in [2.45, 2.75) is 52.7 Å². The summed E-state index contributed by atoms with van der Waals surface area (Å²) >= 11 is 0. The third-order valence-corrected chi connectivity index (χ3v) is 4.99. The number of aliphatic carboxylic acids is 1. The maximum Gasteiger partial charge on any atom is 0.347 e. The molecule has 172 valence electrons. The molecular weight excluding hydrogens is 418 g/mol. The monoisotopic (exact) mass is 446 g/mol. The summed E-state index contributed by atoms with van der Waals surface area (Å²) in [6.45, 7) is 7.42. The van der Waals surface area contributed by atoms with Crippen molar-refractivity contribution in [1.29, 1.82) is 0 Å². The molecule has 2 N–H and O–H groups in total. The van der Waals surface area contributed by atoms with Crippen molar-refractivity contribution in [2.24, 2.45) is 0 Å². The molecule has 0 bridgehead atoms. The summed E-state index contributed by atoms with van der Waals surface area (Å²) in [5, 5.41) is 9.02. The third kappa shape index (κ3) is 6.80. The number of aromatic nitrogens is 2. The van der Waals surface area contributed by atoms with Crippen molar-refractivity contribution in [1.82, 2.24) is 9.55 Å². The van der Waals surface area contributed by atoms with E-state index in [9.17, 15) is 18.4 Å². The minimum absolute atomic E-state index is 0.157. The number of ether oxygens (including phenoxy) is 1. The number of nitrogens with one attached hydrogen (secondary N) is 1. The van der Waals surface area contributed by atoms with Crippen molar-refractivity contribution < 1.29 is 23.4 Å². The van der Waals surface area contributed by atoms with Gasteiger partial charge >= 0.3 is 11.7 Å². The molecule has 0 aliphatic heterocycles. The van der Waals surface area contributed by atoms with Gasteiger partial charge in [-0.1, -0.05) is 31.5 Å². The van der Waals surface area contributed by atoms with Crippen LogP contribution in [0.3, 0.4) is 0 Å². The molecule has 1 atom stereocenters. The number of hydrogen-bond donors (Lipinski definition) is 2.